The number of benzene rings is 1. The van der Waals surface area contributed by atoms with Crippen LogP contribution in [0.1, 0.15) is 33.1 Å². The topological polar surface area (TPSA) is 84.0 Å². The summed E-state index contributed by atoms with van der Waals surface area (Å²) in [5.41, 5.74) is 8.72. The highest BCUT2D eigenvalue weighted by Gasteiger charge is 2.24. The molecule has 2 aromatic rings. The molecule has 1 aliphatic rings. The molecule has 1 fully saturated rings. The molecule has 3 unspecified atom stereocenters. The van der Waals surface area contributed by atoms with Gasteiger partial charge in [-0.15, -0.1) is 0 Å². The van der Waals surface area contributed by atoms with Gasteiger partial charge in [0.25, 0.3) is 0 Å². The normalized spacial score (nSPS) is 26.8. The average Bonchev–Trinajstić information content (AvgIpc) is 2.73. The molecule has 0 spiro atoms. The molecule has 0 radical (unpaired) electrons. The number of nitrogen functional groups attached to an aromatic ring is 1. The van der Waals surface area contributed by atoms with E-state index in [1.807, 2.05) is 6.07 Å². The van der Waals surface area contributed by atoms with Crippen LogP contribution in [0.5, 0.6) is 0 Å². The molecule has 20 heavy (non-hydrogen) atoms. The predicted molar refractivity (Wildman–Crippen MR) is 80.8 cm³/mol. The van der Waals surface area contributed by atoms with Gasteiger partial charge in [0.15, 0.2) is 5.58 Å². The molecule has 0 saturated heterocycles. The summed E-state index contributed by atoms with van der Waals surface area (Å²) in [6.07, 6.45) is 3.55. The van der Waals surface area contributed by atoms with Crippen molar-refractivity contribution in [2.75, 3.05) is 11.1 Å². The molecule has 1 saturated carbocycles. The summed E-state index contributed by atoms with van der Waals surface area (Å²) in [4.78, 5) is 13.9. The standard InChI is InChI=1S/C15H21N3O2/c1-8-3-4-10(5-9(8)2)17-12-7-13-14(6-11(12)16)20-15(19)18-13/h6-10,17H,3-5,16H2,1-2H3,(H,18,19). The van der Waals surface area contributed by atoms with Gasteiger partial charge in [-0.3, -0.25) is 4.98 Å². The second kappa shape index (κ2) is 4.89. The number of nitrogens with one attached hydrogen (secondary N) is 2. The van der Waals surface area contributed by atoms with Crippen LogP contribution >= 0.6 is 0 Å². The molecule has 3 atom stereocenters. The molecule has 0 amide bonds. The molecule has 1 aromatic carbocycles. The zero-order chi connectivity index (χ0) is 14.3. The van der Waals surface area contributed by atoms with Crippen LogP contribution in [0.25, 0.3) is 11.1 Å². The molecule has 1 heterocycles. The predicted octanol–water partition coefficient (Wildman–Crippen LogP) is 2.94. The van der Waals surface area contributed by atoms with Crippen molar-refractivity contribution in [3.05, 3.63) is 22.7 Å². The SMILES string of the molecule is CC1CCC(Nc2cc3[nH]c(=O)oc3cc2N)CC1C. The summed E-state index contributed by atoms with van der Waals surface area (Å²) in [5.74, 6) is 1.06. The van der Waals surface area contributed by atoms with E-state index in [2.05, 4.69) is 24.1 Å². The maximum absolute atomic E-state index is 11.2. The van der Waals surface area contributed by atoms with Crippen molar-refractivity contribution < 1.29 is 4.42 Å². The number of nitrogens with two attached hydrogens (primary N) is 1. The van der Waals surface area contributed by atoms with Crippen molar-refractivity contribution in [2.45, 2.75) is 39.2 Å². The van der Waals surface area contributed by atoms with Gasteiger partial charge in [0.05, 0.1) is 16.9 Å². The van der Waals surface area contributed by atoms with Crippen molar-refractivity contribution in [1.29, 1.82) is 0 Å². The second-order valence-electron chi connectivity index (χ2n) is 6.06. The Hall–Kier alpha value is -1.91. The zero-order valence-electron chi connectivity index (χ0n) is 11.9. The fourth-order valence-electron chi connectivity index (χ4n) is 3.04. The fourth-order valence-corrected chi connectivity index (χ4v) is 3.04. The first-order chi connectivity index (χ1) is 9.52. The molecular formula is C15H21N3O2. The summed E-state index contributed by atoms with van der Waals surface area (Å²) in [7, 11) is 0. The van der Waals surface area contributed by atoms with E-state index in [1.165, 1.54) is 6.42 Å². The Morgan fingerprint density at radius 3 is 2.85 bits per heavy atom. The minimum Gasteiger partial charge on any atom is -0.408 e. The first-order valence-electron chi connectivity index (χ1n) is 7.22. The summed E-state index contributed by atoms with van der Waals surface area (Å²) in [6.45, 7) is 4.62. The highest BCUT2D eigenvalue weighted by Crippen LogP contribution is 2.33. The Labute approximate surface area is 117 Å². The van der Waals surface area contributed by atoms with Crippen LogP contribution in [0.2, 0.25) is 0 Å². The van der Waals surface area contributed by atoms with Gasteiger partial charge in [-0.1, -0.05) is 13.8 Å². The lowest BCUT2D eigenvalue weighted by molar-refractivity contribution is 0.261. The largest absolute Gasteiger partial charge is 0.417 e. The number of anilines is 2. The lowest BCUT2D eigenvalue weighted by atomic mass is 9.79. The minimum atomic E-state index is -0.448. The summed E-state index contributed by atoms with van der Waals surface area (Å²) >= 11 is 0. The van der Waals surface area contributed by atoms with Crippen molar-refractivity contribution in [1.82, 2.24) is 4.98 Å². The number of fused-ring (bicyclic) bond motifs is 1. The van der Waals surface area contributed by atoms with Crippen LogP contribution in [0.3, 0.4) is 0 Å². The van der Waals surface area contributed by atoms with E-state index in [1.54, 1.807) is 6.07 Å². The van der Waals surface area contributed by atoms with Crippen LogP contribution in [0.4, 0.5) is 11.4 Å². The van der Waals surface area contributed by atoms with Crippen LogP contribution in [0, 0.1) is 11.8 Å². The van der Waals surface area contributed by atoms with Gasteiger partial charge in [0, 0.05) is 12.1 Å². The van der Waals surface area contributed by atoms with Gasteiger partial charge in [0.2, 0.25) is 0 Å². The van der Waals surface area contributed by atoms with Gasteiger partial charge >= 0.3 is 5.76 Å². The number of aromatic amines is 1. The number of H-pyrrole nitrogens is 1. The van der Waals surface area contributed by atoms with Crippen LogP contribution in [-0.2, 0) is 0 Å². The lowest BCUT2D eigenvalue weighted by Crippen LogP contribution is -2.30. The van der Waals surface area contributed by atoms with E-state index in [9.17, 15) is 4.79 Å². The first-order valence-corrected chi connectivity index (χ1v) is 7.22. The monoisotopic (exact) mass is 275 g/mol. The van der Waals surface area contributed by atoms with Crippen LogP contribution in [-0.4, -0.2) is 11.0 Å². The summed E-state index contributed by atoms with van der Waals surface area (Å²) in [5, 5.41) is 3.51. The maximum Gasteiger partial charge on any atom is 0.417 e. The average molecular weight is 275 g/mol. The molecule has 3 rings (SSSR count). The number of aromatic nitrogens is 1. The van der Waals surface area contributed by atoms with Gasteiger partial charge in [-0.2, -0.15) is 0 Å². The third-order valence-electron chi connectivity index (χ3n) is 4.55. The Morgan fingerprint density at radius 2 is 2.10 bits per heavy atom. The molecular weight excluding hydrogens is 254 g/mol. The minimum absolute atomic E-state index is 0.444. The number of oxazole rings is 1. The van der Waals surface area contributed by atoms with Crippen LogP contribution in [0.15, 0.2) is 21.3 Å². The Morgan fingerprint density at radius 1 is 1.30 bits per heavy atom. The molecule has 4 N–H and O–H groups in total. The number of hydrogen-bond donors (Lipinski definition) is 3. The third kappa shape index (κ3) is 2.40. The maximum atomic E-state index is 11.2. The second-order valence-corrected chi connectivity index (χ2v) is 6.06. The molecule has 1 aromatic heterocycles. The molecule has 0 aliphatic heterocycles. The number of rotatable bonds is 2. The molecule has 5 nitrogen and oxygen atoms in total. The molecule has 0 bridgehead atoms. The summed E-state index contributed by atoms with van der Waals surface area (Å²) < 4.78 is 5.01. The Balaban J connectivity index is 1.83. The van der Waals surface area contributed by atoms with E-state index < -0.39 is 5.76 Å². The highest BCUT2D eigenvalue weighted by atomic mass is 16.4. The fraction of sp³-hybridized carbons (Fsp3) is 0.533. The van der Waals surface area contributed by atoms with E-state index in [-0.39, 0.29) is 0 Å². The molecule has 1 aliphatic carbocycles. The first kappa shape index (κ1) is 13.1. The van der Waals surface area contributed by atoms with Gasteiger partial charge in [-0.05, 0) is 37.2 Å². The third-order valence-corrected chi connectivity index (χ3v) is 4.55. The quantitative estimate of drug-likeness (QED) is 0.736. The van der Waals surface area contributed by atoms with Crippen molar-refractivity contribution in [2.24, 2.45) is 11.8 Å². The van der Waals surface area contributed by atoms with Crippen molar-refractivity contribution in [3.8, 4) is 0 Å². The molecule has 108 valence electrons. The lowest BCUT2D eigenvalue weighted by Gasteiger charge is -2.33. The van der Waals surface area contributed by atoms with Crippen LogP contribution < -0.4 is 16.8 Å². The Kier molecular flexibility index (Phi) is 3.20. The zero-order valence-corrected chi connectivity index (χ0v) is 11.9. The van der Waals surface area contributed by atoms with E-state index in [0.717, 1.165) is 30.4 Å². The highest BCUT2D eigenvalue weighted by molar-refractivity contribution is 5.85. The van der Waals surface area contributed by atoms with Crippen molar-refractivity contribution >= 4 is 22.5 Å². The van der Waals surface area contributed by atoms with Gasteiger partial charge in [0.1, 0.15) is 0 Å². The molecule has 5 heteroatoms. The van der Waals surface area contributed by atoms with E-state index in [0.29, 0.717) is 22.8 Å². The smallest absolute Gasteiger partial charge is 0.408 e. The van der Waals surface area contributed by atoms with E-state index >= 15 is 0 Å². The number of hydrogen-bond acceptors (Lipinski definition) is 4. The summed E-state index contributed by atoms with van der Waals surface area (Å²) in [6, 6.07) is 4.00. The van der Waals surface area contributed by atoms with Crippen molar-refractivity contribution in [3.63, 3.8) is 0 Å². The van der Waals surface area contributed by atoms with Gasteiger partial charge < -0.3 is 15.5 Å². The Bertz CT molecular complexity index is 673. The van der Waals surface area contributed by atoms with Gasteiger partial charge in [-0.25, -0.2) is 4.79 Å². The van der Waals surface area contributed by atoms with E-state index in [4.69, 9.17) is 10.2 Å².